The topological polar surface area (TPSA) is 60.7 Å². The second-order valence-electron chi connectivity index (χ2n) is 2.98. The number of rotatable bonds is 5. The summed E-state index contributed by atoms with van der Waals surface area (Å²) in [6.07, 6.45) is 2.70. The molecular formula is C9H18O3. The molecule has 3 nitrogen and oxygen atoms in total. The summed E-state index contributed by atoms with van der Waals surface area (Å²) in [7, 11) is 0. The lowest BCUT2D eigenvalue weighted by Crippen LogP contribution is -2.33. The highest BCUT2D eigenvalue weighted by atomic mass is 16.3. The molecule has 0 heterocycles. The van der Waals surface area contributed by atoms with Gasteiger partial charge in [0, 0.05) is 12.5 Å². The van der Waals surface area contributed by atoms with Crippen molar-refractivity contribution in [3.05, 3.63) is 12.2 Å². The van der Waals surface area contributed by atoms with Gasteiger partial charge in [-0.05, 0) is 20.3 Å². The molecule has 3 heteroatoms. The summed E-state index contributed by atoms with van der Waals surface area (Å²) in [4.78, 5) is 0. The summed E-state index contributed by atoms with van der Waals surface area (Å²) in [5, 5.41) is 27.3. The average Bonchev–Trinajstić information content (AvgIpc) is 2.05. The first-order valence-electron chi connectivity index (χ1n) is 4.21. The van der Waals surface area contributed by atoms with Crippen molar-refractivity contribution in [3.8, 4) is 0 Å². The van der Waals surface area contributed by atoms with Crippen LogP contribution in [0.15, 0.2) is 12.2 Å². The fourth-order valence-electron chi connectivity index (χ4n) is 1.03. The van der Waals surface area contributed by atoms with Gasteiger partial charge >= 0.3 is 0 Å². The molecule has 0 radical (unpaired) electrons. The second kappa shape index (κ2) is 6.17. The van der Waals surface area contributed by atoms with Crippen molar-refractivity contribution >= 4 is 0 Å². The number of aliphatic hydroxyl groups is 3. The molecule has 72 valence electrons. The standard InChI is InChI=1S/C9H18O3/c1-3-4-5-8(6-10)9(12)7(2)11/h3-4,7-12H,5-6H2,1-2H3/b4-3+/t7-,8+,9+/m0/s1. The van der Waals surface area contributed by atoms with Crippen LogP contribution in [0, 0.1) is 5.92 Å². The van der Waals surface area contributed by atoms with Crippen LogP contribution < -0.4 is 0 Å². The van der Waals surface area contributed by atoms with Crippen molar-refractivity contribution in [1.29, 1.82) is 0 Å². The third-order valence-corrected chi connectivity index (χ3v) is 1.89. The maximum atomic E-state index is 9.37. The van der Waals surface area contributed by atoms with E-state index in [1.807, 2.05) is 19.1 Å². The third-order valence-electron chi connectivity index (χ3n) is 1.89. The summed E-state index contributed by atoms with van der Waals surface area (Å²) in [6.45, 7) is 3.29. The van der Waals surface area contributed by atoms with Crippen molar-refractivity contribution in [2.24, 2.45) is 5.92 Å². The van der Waals surface area contributed by atoms with Gasteiger partial charge in [-0.1, -0.05) is 12.2 Å². The third kappa shape index (κ3) is 3.85. The van der Waals surface area contributed by atoms with Crippen LogP contribution in [0.5, 0.6) is 0 Å². The molecule has 0 saturated heterocycles. The Morgan fingerprint density at radius 1 is 1.33 bits per heavy atom. The van der Waals surface area contributed by atoms with Gasteiger partial charge in [-0.25, -0.2) is 0 Å². The highest BCUT2D eigenvalue weighted by molar-refractivity contribution is 4.84. The van der Waals surface area contributed by atoms with Gasteiger partial charge in [-0.3, -0.25) is 0 Å². The van der Waals surface area contributed by atoms with Crippen LogP contribution in [0.3, 0.4) is 0 Å². The Kier molecular flexibility index (Phi) is 5.98. The van der Waals surface area contributed by atoms with Crippen molar-refractivity contribution in [2.75, 3.05) is 6.61 Å². The average molecular weight is 174 g/mol. The van der Waals surface area contributed by atoms with Gasteiger partial charge in [0.1, 0.15) is 0 Å². The van der Waals surface area contributed by atoms with Gasteiger partial charge in [-0.15, -0.1) is 0 Å². The molecule has 12 heavy (non-hydrogen) atoms. The molecule has 3 atom stereocenters. The largest absolute Gasteiger partial charge is 0.396 e. The zero-order valence-electron chi connectivity index (χ0n) is 7.64. The predicted molar refractivity (Wildman–Crippen MR) is 47.7 cm³/mol. The van der Waals surface area contributed by atoms with Crippen LogP contribution in [0.4, 0.5) is 0 Å². The van der Waals surface area contributed by atoms with E-state index < -0.39 is 12.2 Å². The lowest BCUT2D eigenvalue weighted by Gasteiger charge is -2.21. The predicted octanol–water partition coefficient (Wildman–Crippen LogP) is 0.303. The number of hydrogen-bond acceptors (Lipinski definition) is 3. The van der Waals surface area contributed by atoms with Gasteiger partial charge in [0.05, 0.1) is 12.2 Å². The lowest BCUT2D eigenvalue weighted by molar-refractivity contribution is -0.0224. The molecule has 0 aromatic rings. The van der Waals surface area contributed by atoms with Crippen LogP contribution in [-0.2, 0) is 0 Å². The molecule has 0 aliphatic rings. The Bertz CT molecular complexity index is 132. The molecule has 0 rings (SSSR count). The minimum absolute atomic E-state index is 0.101. The summed E-state index contributed by atoms with van der Waals surface area (Å²) in [5.74, 6) is -0.263. The molecule has 0 unspecified atom stereocenters. The summed E-state index contributed by atoms with van der Waals surface area (Å²) in [5.41, 5.74) is 0. The fourth-order valence-corrected chi connectivity index (χ4v) is 1.03. The number of hydrogen-bond donors (Lipinski definition) is 3. The highest BCUT2D eigenvalue weighted by Crippen LogP contribution is 2.12. The quantitative estimate of drug-likeness (QED) is 0.525. The van der Waals surface area contributed by atoms with E-state index in [4.69, 9.17) is 10.2 Å². The number of aliphatic hydroxyl groups excluding tert-OH is 3. The van der Waals surface area contributed by atoms with E-state index in [2.05, 4.69) is 0 Å². The Hall–Kier alpha value is -0.380. The Morgan fingerprint density at radius 3 is 2.25 bits per heavy atom. The highest BCUT2D eigenvalue weighted by Gasteiger charge is 2.21. The van der Waals surface area contributed by atoms with Crippen LogP contribution in [0.2, 0.25) is 0 Å². The molecule has 3 N–H and O–H groups in total. The van der Waals surface area contributed by atoms with Crippen LogP contribution in [-0.4, -0.2) is 34.1 Å². The summed E-state index contributed by atoms with van der Waals surface area (Å²) < 4.78 is 0. The first kappa shape index (κ1) is 11.6. The van der Waals surface area contributed by atoms with E-state index in [1.54, 1.807) is 0 Å². The fraction of sp³-hybridized carbons (Fsp3) is 0.778. The van der Waals surface area contributed by atoms with E-state index in [9.17, 15) is 5.11 Å². The normalized spacial score (nSPS) is 19.4. The zero-order valence-corrected chi connectivity index (χ0v) is 7.64. The van der Waals surface area contributed by atoms with Crippen molar-refractivity contribution in [2.45, 2.75) is 32.5 Å². The summed E-state index contributed by atoms with van der Waals surface area (Å²) in [6, 6.07) is 0. The maximum absolute atomic E-state index is 9.37. The van der Waals surface area contributed by atoms with Crippen LogP contribution in [0.25, 0.3) is 0 Å². The van der Waals surface area contributed by atoms with E-state index in [0.717, 1.165) is 0 Å². The molecule has 0 aliphatic heterocycles. The van der Waals surface area contributed by atoms with Crippen molar-refractivity contribution in [1.82, 2.24) is 0 Å². The van der Waals surface area contributed by atoms with Crippen LogP contribution >= 0.6 is 0 Å². The minimum atomic E-state index is -0.841. The summed E-state index contributed by atoms with van der Waals surface area (Å²) >= 11 is 0. The van der Waals surface area contributed by atoms with Gasteiger partial charge in [0.15, 0.2) is 0 Å². The van der Waals surface area contributed by atoms with Crippen molar-refractivity contribution < 1.29 is 15.3 Å². The Balaban J connectivity index is 3.95. The van der Waals surface area contributed by atoms with Crippen LogP contribution in [0.1, 0.15) is 20.3 Å². The molecule has 0 spiro atoms. The smallest absolute Gasteiger partial charge is 0.0849 e. The van der Waals surface area contributed by atoms with Gasteiger partial charge in [0.2, 0.25) is 0 Å². The van der Waals surface area contributed by atoms with E-state index in [0.29, 0.717) is 6.42 Å². The van der Waals surface area contributed by atoms with Gasteiger partial charge in [-0.2, -0.15) is 0 Å². The van der Waals surface area contributed by atoms with E-state index in [1.165, 1.54) is 6.92 Å². The first-order chi connectivity index (χ1) is 5.63. The molecular weight excluding hydrogens is 156 g/mol. The molecule has 0 aromatic carbocycles. The lowest BCUT2D eigenvalue weighted by atomic mass is 9.96. The maximum Gasteiger partial charge on any atom is 0.0849 e. The van der Waals surface area contributed by atoms with Crippen molar-refractivity contribution in [3.63, 3.8) is 0 Å². The molecule has 0 aliphatic carbocycles. The Morgan fingerprint density at radius 2 is 1.92 bits per heavy atom. The molecule has 0 aromatic heterocycles. The minimum Gasteiger partial charge on any atom is -0.396 e. The van der Waals surface area contributed by atoms with E-state index in [-0.39, 0.29) is 12.5 Å². The second-order valence-corrected chi connectivity index (χ2v) is 2.98. The first-order valence-corrected chi connectivity index (χ1v) is 4.21. The van der Waals surface area contributed by atoms with Gasteiger partial charge < -0.3 is 15.3 Å². The Labute approximate surface area is 73.4 Å². The molecule has 0 fully saturated rings. The van der Waals surface area contributed by atoms with Gasteiger partial charge in [0.25, 0.3) is 0 Å². The SMILES string of the molecule is C/C=C/C[C@H](CO)[C@H](O)[C@H](C)O. The molecule has 0 amide bonds. The zero-order chi connectivity index (χ0) is 9.56. The van der Waals surface area contributed by atoms with E-state index >= 15 is 0 Å². The molecule has 0 saturated carbocycles. The number of allylic oxidation sites excluding steroid dienone is 2. The monoisotopic (exact) mass is 174 g/mol. The molecule has 0 bridgehead atoms.